The lowest BCUT2D eigenvalue weighted by Gasteiger charge is -2.42. The van der Waals surface area contributed by atoms with Crippen LogP contribution < -0.4 is 0 Å². The molecule has 41 heavy (non-hydrogen) atoms. The first-order valence-electron chi connectivity index (χ1n) is 13.6. The van der Waals surface area contributed by atoms with Crippen molar-refractivity contribution in [2.24, 2.45) is 0 Å². The standard InChI is InChI=1S/C29H37F6N3O3/c1-36(12-8-21-18-23(28(30,31)32)20-24(19-21)29(33,34)35)27(41)26(22-6-3-2-4-7-22)38-13-9-25(10-14-38)37(15-17-40)11-5-16-39/h2-4,6-7,18-20,25-26,39-40H,5,8-17H2,1H3. The number of likely N-dealkylation sites (tertiary alicyclic amines) is 1. The van der Waals surface area contributed by atoms with E-state index < -0.39 is 29.5 Å². The van der Waals surface area contributed by atoms with Crippen molar-refractivity contribution in [2.75, 3.05) is 53.0 Å². The van der Waals surface area contributed by atoms with Gasteiger partial charge in [-0.15, -0.1) is 0 Å². The molecule has 1 unspecified atom stereocenters. The second-order valence-electron chi connectivity index (χ2n) is 10.3. The Bertz CT molecular complexity index is 1070. The van der Waals surface area contributed by atoms with Crippen LogP contribution in [0.15, 0.2) is 48.5 Å². The highest BCUT2D eigenvalue weighted by molar-refractivity contribution is 5.83. The molecule has 2 aromatic carbocycles. The second kappa shape index (κ2) is 14.5. The van der Waals surface area contributed by atoms with Gasteiger partial charge < -0.3 is 15.1 Å². The average Bonchev–Trinajstić information content (AvgIpc) is 2.94. The molecule has 1 amide bonds. The Hall–Kier alpha value is -2.67. The molecule has 0 radical (unpaired) electrons. The minimum Gasteiger partial charge on any atom is -0.396 e. The monoisotopic (exact) mass is 589 g/mol. The summed E-state index contributed by atoms with van der Waals surface area (Å²) in [5.74, 6) is -0.301. The number of hydrogen-bond donors (Lipinski definition) is 2. The highest BCUT2D eigenvalue weighted by Crippen LogP contribution is 2.36. The summed E-state index contributed by atoms with van der Waals surface area (Å²) in [6.07, 6.45) is -8.00. The molecular formula is C29H37F6N3O3. The van der Waals surface area contributed by atoms with Gasteiger partial charge in [-0.2, -0.15) is 26.3 Å². The Morgan fingerprint density at radius 3 is 2.00 bits per heavy atom. The summed E-state index contributed by atoms with van der Waals surface area (Å²) in [7, 11) is 1.50. The van der Waals surface area contributed by atoms with E-state index in [-0.39, 0.29) is 49.8 Å². The van der Waals surface area contributed by atoms with Crippen LogP contribution in [0.3, 0.4) is 0 Å². The number of nitrogens with zero attached hydrogens (tertiary/aromatic N) is 3. The van der Waals surface area contributed by atoms with E-state index in [4.69, 9.17) is 0 Å². The lowest BCUT2D eigenvalue weighted by Crippen LogP contribution is -2.50. The molecule has 2 aromatic rings. The van der Waals surface area contributed by atoms with Gasteiger partial charge in [-0.05, 0) is 55.0 Å². The summed E-state index contributed by atoms with van der Waals surface area (Å²) in [4.78, 5) is 19.3. The van der Waals surface area contributed by atoms with Gasteiger partial charge in [-0.3, -0.25) is 14.6 Å². The van der Waals surface area contributed by atoms with Crippen LogP contribution in [0.25, 0.3) is 0 Å². The number of benzene rings is 2. The predicted molar refractivity (Wildman–Crippen MR) is 142 cm³/mol. The van der Waals surface area contributed by atoms with Crippen LogP contribution >= 0.6 is 0 Å². The number of rotatable bonds is 12. The quantitative estimate of drug-likeness (QED) is 0.354. The Balaban J connectivity index is 1.75. The normalized spacial score (nSPS) is 16.2. The molecule has 1 heterocycles. The Labute approximate surface area is 236 Å². The number of piperidine rings is 1. The number of likely N-dealkylation sites (N-methyl/N-ethyl adjacent to an activating group) is 1. The summed E-state index contributed by atoms with van der Waals surface area (Å²) in [5, 5.41) is 18.7. The van der Waals surface area contributed by atoms with Gasteiger partial charge in [-0.25, -0.2) is 0 Å². The largest absolute Gasteiger partial charge is 0.416 e. The fraction of sp³-hybridized carbons (Fsp3) is 0.552. The topological polar surface area (TPSA) is 67.3 Å². The van der Waals surface area contributed by atoms with Gasteiger partial charge >= 0.3 is 12.4 Å². The maximum Gasteiger partial charge on any atom is 0.416 e. The predicted octanol–water partition coefficient (Wildman–Crippen LogP) is 4.61. The van der Waals surface area contributed by atoms with Crippen LogP contribution in [0.2, 0.25) is 0 Å². The molecule has 1 fully saturated rings. The zero-order valence-corrected chi connectivity index (χ0v) is 23.0. The van der Waals surface area contributed by atoms with Gasteiger partial charge in [0.05, 0.1) is 17.7 Å². The van der Waals surface area contributed by atoms with Crippen molar-refractivity contribution in [1.29, 1.82) is 0 Å². The summed E-state index contributed by atoms with van der Waals surface area (Å²) < 4.78 is 79.7. The third kappa shape index (κ3) is 9.16. The number of aliphatic hydroxyl groups is 2. The van der Waals surface area contributed by atoms with Gasteiger partial charge in [-0.1, -0.05) is 30.3 Å². The zero-order valence-electron chi connectivity index (χ0n) is 23.0. The van der Waals surface area contributed by atoms with Crippen molar-refractivity contribution < 1.29 is 41.4 Å². The van der Waals surface area contributed by atoms with Crippen molar-refractivity contribution in [3.8, 4) is 0 Å². The molecule has 228 valence electrons. The smallest absolute Gasteiger partial charge is 0.396 e. The number of carbonyl (C=O) groups excluding carboxylic acids is 1. The van der Waals surface area contributed by atoms with Crippen LogP contribution in [0, 0.1) is 0 Å². The molecule has 1 saturated heterocycles. The number of halogens is 6. The molecule has 0 saturated carbocycles. The molecule has 12 heteroatoms. The molecule has 1 aliphatic heterocycles. The molecule has 2 N–H and O–H groups in total. The van der Waals surface area contributed by atoms with Crippen LogP contribution in [-0.2, 0) is 23.6 Å². The highest BCUT2D eigenvalue weighted by Gasteiger charge is 2.37. The number of aliphatic hydroxyl groups excluding tert-OH is 2. The number of alkyl halides is 6. The van der Waals surface area contributed by atoms with E-state index in [1.165, 1.54) is 11.9 Å². The molecule has 1 aliphatic rings. The fourth-order valence-electron chi connectivity index (χ4n) is 5.31. The lowest BCUT2D eigenvalue weighted by atomic mass is 9.97. The minimum absolute atomic E-state index is 0.00208. The molecule has 1 atom stereocenters. The van der Waals surface area contributed by atoms with Crippen LogP contribution in [-0.4, -0.2) is 89.8 Å². The Morgan fingerprint density at radius 1 is 0.902 bits per heavy atom. The van der Waals surface area contributed by atoms with E-state index >= 15 is 0 Å². The minimum atomic E-state index is -4.94. The van der Waals surface area contributed by atoms with Crippen molar-refractivity contribution in [2.45, 2.75) is 50.1 Å². The molecule has 3 rings (SSSR count). The van der Waals surface area contributed by atoms with Gasteiger partial charge in [0.2, 0.25) is 5.91 Å². The summed E-state index contributed by atoms with van der Waals surface area (Å²) >= 11 is 0. The molecule has 6 nitrogen and oxygen atoms in total. The van der Waals surface area contributed by atoms with Crippen molar-refractivity contribution in [1.82, 2.24) is 14.7 Å². The maximum atomic E-state index is 13.7. The first-order chi connectivity index (χ1) is 19.3. The van der Waals surface area contributed by atoms with Gasteiger partial charge in [0.15, 0.2) is 0 Å². The van der Waals surface area contributed by atoms with E-state index in [1.54, 1.807) is 0 Å². The van der Waals surface area contributed by atoms with E-state index in [2.05, 4.69) is 4.90 Å². The van der Waals surface area contributed by atoms with E-state index in [9.17, 15) is 41.4 Å². The lowest BCUT2D eigenvalue weighted by molar-refractivity contribution is -0.143. The second-order valence-corrected chi connectivity index (χ2v) is 10.3. The molecule has 0 aromatic heterocycles. The van der Waals surface area contributed by atoms with Gasteiger partial charge in [0.1, 0.15) is 6.04 Å². The van der Waals surface area contributed by atoms with Gasteiger partial charge in [0.25, 0.3) is 0 Å². The number of carbonyl (C=O) groups is 1. The third-order valence-corrected chi connectivity index (χ3v) is 7.48. The molecule has 0 spiro atoms. The van der Waals surface area contributed by atoms with Crippen LogP contribution in [0.5, 0.6) is 0 Å². The molecule has 0 bridgehead atoms. The maximum absolute atomic E-state index is 13.7. The van der Waals surface area contributed by atoms with Crippen LogP contribution in [0.4, 0.5) is 26.3 Å². The SMILES string of the molecule is CN(CCc1cc(C(F)(F)F)cc(C(F)(F)F)c1)C(=O)C(c1ccccc1)N1CCC(N(CCO)CCCO)CC1. The third-order valence-electron chi connectivity index (χ3n) is 7.48. The van der Waals surface area contributed by atoms with Crippen molar-refractivity contribution >= 4 is 5.91 Å². The summed E-state index contributed by atoms with van der Waals surface area (Å²) in [6.45, 7) is 2.27. The summed E-state index contributed by atoms with van der Waals surface area (Å²) in [5.41, 5.74) is -2.17. The summed E-state index contributed by atoms with van der Waals surface area (Å²) in [6, 6.07) is 10.1. The van der Waals surface area contributed by atoms with E-state index in [0.29, 0.717) is 44.7 Å². The van der Waals surface area contributed by atoms with E-state index in [1.807, 2.05) is 35.2 Å². The Morgan fingerprint density at radius 2 is 1.49 bits per heavy atom. The van der Waals surface area contributed by atoms with Crippen LogP contribution in [0.1, 0.15) is 47.6 Å². The van der Waals surface area contributed by atoms with Crippen molar-refractivity contribution in [3.05, 3.63) is 70.8 Å². The van der Waals surface area contributed by atoms with Crippen molar-refractivity contribution in [3.63, 3.8) is 0 Å². The molecule has 0 aliphatic carbocycles. The first kappa shape index (κ1) is 32.8. The Kier molecular flexibility index (Phi) is 11.6. The number of amides is 1. The average molecular weight is 590 g/mol. The van der Waals surface area contributed by atoms with E-state index in [0.717, 1.165) is 18.4 Å². The highest BCUT2D eigenvalue weighted by atomic mass is 19.4. The fourth-order valence-corrected chi connectivity index (χ4v) is 5.31. The molecular weight excluding hydrogens is 552 g/mol. The van der Waals surface area contributed by atoms with Gasteiger partial charge in [0, 0.05) is 52.4 Å². The number of hydrogen-bond acceptors (Lipinski definition) is 5. The first-order valence-corrected chi connectivity index (χ1v) is 13.6. The zero-order chi connectivity index (χ0) is 30.2.